The fourth-order valence-corrected chi connectivity index (χ4v) is 2.79. The van der Waals surface area contributed by atoms with Crippen LogP contribution < -0.4 is 15.5 Å². The Morgan fingerprint density at radius 1 is 1.32 bits per heavy atom. The summed E-state index contributed by atoms with van der Waals surface area (Å²) in [6.07, 6.45) is 4.42. The zero-order valence-corrected chi connectivity index (χ0v) is 14.1. The van der Waals surface area contributed by atoms with E-state index in [1.807, 2.05) is 13.2 Å². The number of aryl methyl sites for hydroxylation is 2. The van der Waals surface area contributed by atoms with Gasteiger partial charge in [0.1, 0.15) is 5.82 Å². The molecule has 0 aliphatic carbocycles. The van der Waals surface area contributed by atoms with Gasteiger partial charge in [0.2, 0.25) is 0 Å². The number of aromatic nitrogens is 2. The van der Waals surface area contributed by atoms with E-state index in [9.17, 15) is 14.0 Å². The Morgan fingerprint density at radius 3 is 2.80 bits per heavy atom. The molecule has 1 aliphatic rings. The molecule has 3 rings (SSSR count). The van der Waals surface area contributed by atoms with E-state index in [4.69, 9.17) is 0 Å². The quantitative estimate of drug-likeness (QED) is 0.820. The number of hydrogen-bond acceptors (Lipinski definition) is 4. The first kappa shape index (κ1) is 16.9. The highest BCUT2D eigenvalue weighted by molar-refractivity contribution is 6.39. The number of nitrogens with zero attached hydrogens (tertiary/aromatic N) is 3. The van der Waals surface area contributed by atoms with Gasteiger partial charge >= 0.3 is 11.8 Å². The van der Waals surface area contributed by atoms with Crippen molar-refractivity contribution in [1.82, 2.24) is 15.1 Å². The van der Waals surface area contributed by atoms with Gasteiger partial charge in [0.15, 0.2) is 0 Å². The Balaban J connectivity index is 1.53. The van der Waals surface area contributed by atoms with Gasteiger partial charge in [-0.15, -0.1) is 0 Å². The lowest BCUT2D eigenvalue weighted by atomic mass is 10.2. The predicted molar refractivity (Wildman–Crippen MR) is 91.7 cm³/mol. The van der Waals surface area contributed by atoms with Crippen LogP contribution in [-0.2, 0) is 16.6 Å². The van der Waals surface area contributed by atoms with Crippen molar-refractivity contribution in [1.29, 1.82) is 0 Å². The van der Waals surface area contributed by atoms with E-state index in [1.54, 1.807) is 29.9 Å². The predicted octanol–water partition coefficient (Wildman–Crippen LogP) is 1.20. The minimum Gasteiger partial charge on any atom is -0.367 e. The number of halogens is 1. The highest BCUT2D eigenvalue weighted by atomic mass is 19.1. The topological polar surface area (TPSA) is 79.3 Å². The van der Waals surface area contributed by atoms with Crippen molar-refractivity contribution in [3.63, 3.8) is 0 Å². The molecular weight excluding hydrogens is 325 g/mol. The molecular formula is C17H20FN5O2. The number of carbonyl (C=O) groups is 2. The van der Waals surface area contributed by atoms with Gasteiger partial charge in [0.25, 0.3) is 0 Å². The second-order valence-electron chi connectivity index (χ2n) is 6.20. The summed E-state index contributed by atoms with van der Waals surface area (Å²) in [6, 6.07) is 4.18. The monoisotopic (exact) mass is 345 g/mol. The van der Waals surface area contributed by atoms with Crippen LogP contribution in [0.1, 0.15) is 12.0 Å². The maximum absolute atomic E-state index is 13.5. The van der Waals surface area contributed by atoms with Crippen molar-refractivity contribution in [2.24, 2.45) is 7.05 Å². The summed E-state index contributed by atoms with van der Waals surface area (Å²) in [5.41, 5.74) is 1.72. The van der Waals surface area contributed by atoms with Crippen LogP contribution in [0.5, 0.6) is 0 Å². The molecule has 0 saturated carbocycles. The van der Waals surface area contributed by atoms with E-state index < -0.39 is 17.6 Å². The molecule has 0 spiro atoms. The number of anilines is 2. The minimum atomic E-state index is -0.803. The Morgan fingerprint density at radius 2 is 2.12 bits per heavy atom. The van der Waals surface area contributed by atoms with Gasteiger partial charge < -0.3 is 15.5 Å². The largest absolute Gasteiger partial charge is 0.367 e. The number of hydrogen-bond donors (Lipinski definition) is 2. The second kappa shape index (κ2) is 6.92. The Labute approximate surface area is 144 Å². The molecule has 8 heteroatoms. The molecule has 2 amide bonds. The first-order valence-electron chi connectivity index (χ1n) is 8.04. The molecule has 2 aromatic rings. The maximum atomic E-state index is 13.5. The van der Waals surface area contributed by atoms with Crippen molar-refractivity contribution in [2.75, 3.05) is 23.3 Å². The van der Waals surface area contributed by atoms with E-state index in [0.717, 1.165) is 18.7 Å². The Bertz CT molecular complexity index is 804. The molecule has 0 bridgehead atoms. The number of carbonyl (C=O) groups excluding carboxylic acids is 2. The van der Waals surface area contributed by atoms with Crippen LogP contribution in [-0.4, -0.2) is 40.7 Å². The molecule has 1 aliphatic heterocycles. The van der Waals surface area contributed by atoms with Crippen LogP contribution in [0.3, 0.4) is 0 Å². The van der Waals surface area contributed by atoms with Crippen molar-refractivity contribution in [3.8, 4) is 0 Å². The second-order valence-corrected chi connectivity index (χ2v) is 6.20. The lowest BCUT2D eigenvalue weighted by Crippen LogP contribution is -2.43. The fourth-order valence-electron chi connectivity index (χ4n) is 2.79. The molecule has 1 atom stereocenters. The van der Waals surface area contributed by atoms with E-state index in [0.29, 0.717) is 12.1 Å². The van der Waals surface area contributed by atoms with Crippen LogP contribution in [0.4, 0.5) is 15.8 Å². The molecule has 2 N–H and O–H groups in total. The zero-order valence-electron chi connectivity index (χ0n) is 14.1. The van der Waals surface area contributed by atoms with E-state index in [1.165, 1.54) is 6.07 Å². The normalized spacial score (nSPS) is 16.8. The molecule has 1 fully saturated rings. The average molecular weight is 345 g/mol. The van der Waals surface area contributed by atoms with Crippen LogP contribution in [0, 0.1) is 12.7 Å². The summed E-state index contributed by atoms with van der Waals surface area (Å²) < 4.78 is 15.2. The molecule has 7 nitrogen and oxygen atoms in total. The third-order valence-corrected chi connectivity index (χ3v) is 4.22. The molecule has 132 valence electrons. The van der Waals surface area contributed by atoms with Crippen molar-refractivity contribution >= 4 is 23.2 Å². The maximum Gasteiger partial charge on any atom is 0.313 e. The van der Waals surface area contributed by atoms with Gasteiger partial charge in [-0.1, -0.05) is 6.07 Å². The average Bonchev–Trinajstić information content (AvgIpc) is 3.19. The van der Waals surface area contributed by atoms with Gasteiger partial charge in [0, 0.05) is 38.1 Å². The third-order valence-electron chi connectivity index (χ3n) is 4.22. The van der Waals surface area contributed by atoms with E-state index in [-0.39, 0.29) is 11.7 Å². The van der Waals surface area contributed by atoms with Crippen LogP contribution >= 0.6 is 0 Å². The number of nitrogens with one attached hydrogen (secondary N) is 2. The number of rotatable bonds is 3. The van der Waals surface area contributed by atoms with Gasteiger partial charge in [-0.2, -0.15) is 5.10 Å². The first-order chi connectivity index (χ1) is 11.9. The van der Waals surface area contributed by atoms with Gasteiger partial charge in [-0.3, -0.25) is 14.3 Å². The molecule has 1 aromatic heterocycles. The van der Waals surface area contributed by atoms with E-state index >= 15 is 0 Å². The Kier molecular flexibility index (Phi) is 4.69. The summed E-state index contributed by atoms with van der Waals surface area (Å²) in [5.74, 6) is -1.96. The summed E-state index contributed by atoms with van der Waals surface area (Å²) in [6.45, 7) is 3.02. The zero-order chi connectivity index (χ0) is 18.0. The minimum absolute atomic E-state index is 0.117. The molecule has 1 aromatic carbocycles. The standard InChI is InChI=1S/C17H20FN5O2/c1-11-3-4-12(7-15(11)18)20-16(24)17(25)21-13-5-6-23(9-13)14-8-19-22(2)10-14/h3-4,7-8,10,13H,5-6,9H2,1-2H3,(H,20,24)(H,21,25)/t13-/m1/s1. The van der Waals surface area contributed by atoms with Crippen LogP contribution in [0.2, 0.25) is 0 Å². The first-order valence-corrected chi connectivity index (χ1v) is 8.04. The van der Waals surface area contributed by atoms with Gasteiger partial charge in [-0.05, 0) is 31.0 Å². The smallest absolute Gasteiger partial charge is 0.313 e. The van der Waals surface area contributed by atoms with Crippen LogP contribution in [0.15, 0.2) is 30.6 Å². The third kappa shape index (κ3) is 3.96. The lowest BCUT2D eigenvalue weighted by molar-refractivity contribution is -0.136. The van der Waals surface area contributed by atoms with Crippen molar-refractivity contribution in [2.45, 2.75) is 19.4 Å². The lowest BCUT2D eigenvalue weighted by Gasteiger charge is -2.16. The fraction of sp³-hybridized carbons (Fsp3) is 0.353. The highest BCUT2D eigenvalue weighted by Crippen LogP contribution is 2.19. The van der Waals surface area contributed by atoms with Crippen molar-refractivity contribution < 1.29 is 14.0 Å². The van der Waals surface area contributed by atoms with Gasteiger partial charge in [0.05, 0.1) is 11.9 Å². The van der Waals surface area contributed by atoms with Crippen molar-refractivity contribution in [3.05, 3.63) is 42.0 Å². The van der Waals surface area contributed by atoms with E-state index in [2.05, 4.69) is 20.6 Å². The SMILES string of the molecule is Cc1ccc(NC(=O)C(=O)N[C@@H]2CCN(c3cnn(C)c3)C2)cc1F. The molecule has 0 unspecified atom stereocenters. The Hall–Kier alpha value is -2.90. The summed E-state index contributed by atoms with van der Waals surface area (Å²) in [4.78, 5) is 26.1. The van der Waals surface area contributed by atoms with Crippen LogP contribution in [0.25, 0.3) is 0 Å². The number of amides is 2. The highest BCUT2D eigenvalue weighted by Gasteiger charge is 2.27. The molecule has 2 heterocycles. The van der Waals surface area contributed by atoms with Gasteiger partial charge in [-0.25, -0.2) is 4.39 Å². The molecule has 0 radical (unpaired) electrons. The summed E-state index contributed by atoms with van der Waals surface area (Å²) in [7, 11) is 1.84. The number of benzene rings is 1. The summed E-state index contributed by atoms with van der Waals surface area (Å²) >= 11 is 0. The molecule has 25 heavy (non-hydrogen) atoms. The summed E-state index contributed by atoms with van der Waals surface area (Å²) in [5, 5.41) is 9.26. The molecule has 1 saturated heterocycles.